The molecular formula is C25H31N3O. The molecule has 0 bridgehead atoms. The van der Waals surface area contributed by atoms with Crippen LogP contribution in [0.4, 0.5) is 5.69 Å². The quantitative estimate of drug-likeness (QED) is 0.733. The number of hydrogen-bond acceptors (Lipinski definition) is 3. The van der Waals surface area contributed by atoms with Crippen LogP contribution in [0.3, 0.4) is 0 Å². The Morgan fingerprint density at radius 3 is 2.45 bits per heavy atom. The number of para-hydroxylation sites is 1. The zero-order chi connectivity index (χ0) is 19.9. The van der Waals surface area contributed by atoms with Gasteiger partial charge in [0, 0.05) is 44.0 Å². The zero-order valence-electron chi connectivity index (χ0n) is 17.1. The number of benzene rings is 2. The Kier molecular flexibility index (Phi) is 6.63. The predicted octanol–water partition coefficient (Wildman–Crippen LogP) is 3.73. The first-order valence-corrected chi connectivity index (χ1v) is 10.9. The molecule has 1 fully saturated rings. The lowest BCUT2D eigenvalue weighted by atomic mass is 9.92. The van der Waals surface area contributed by atoms with Crippen molar-refractivity contribution in [3.05, 3.63) is 71.3 Å². The summed E-state index contributed by atoms with van der Waals surface area (Å²) in [5.41, 5.74) is 4.78. The van der Waals surface area contributed by atoms with Gasteiger partial charge in [0.05, 0.1) is 0 Å². The topological polar surface area (TPSA) is 35.6 Å². The maximum atomic E-state index is 12.4. The van der Waals surface area contributed by atoms with E-state index in [1.54, 1.807) is 0 Å². The zero-order valence-corrected chi connectivity index (χ0v) is 17.1. The van der Waals surface area contributed by atoms with Gasteiger partial charge in [0.1, 0.15) is 0 Å². The van der Waals surface area contributed by atoms with E-state index >= 15 is 0 Å². The Morgan fingerprint density at radius 2 is 1.62 bits per heavy atom. The van der Waals surface area contributed by atoms with E-state index in [1.165, 1.54) is 16.8 Å². The number of piperazine rings is 1. The smallest absolute Gasteiger partial charge is 0.247 e. The van der Waals surface area contributed by atoms with Gasteiger partial charge in [0.15, 0.2) is 0 Å². The van der Waals surface area contributed by atoms with E-state index in [0.717, 1.165) is 70.5 Å². The Hall–Kier alpha value is -2.59. The van der Waals surface area contributed by atoms with Crippen LogP contribution in [-0.4, -0.2) is 50.1 Å². The summed E-state index contributed by atoms with van der Waals surface area (Å²) in [6, 6.07) is 19.0. The molecule has 0 radical (unpaired) electrons. The minimum atomic E-state index is 0.107. The highest BCUT2D eigenvalue weighted by atomic mass is 16.1. The molecule has 1 saturated heterocycles. The van der Waals surface area contributed by atoms with Crippen LogP contribution in [0.25, 0.3) is 6.08 Å². The van der Waals surface area contributed by atoms with Crippen molar-refractivity contribution in [2.75, 3.05) is 44.2 Å². The van der Waals surface area contributed by atoms with Crippen LogP contribution < -0.4 is 10.2 Å². The van der Waals surface area contributed by atoms with Crippen molar-refractivity contribution in [1.82, 2.24) is 10.2 Å². The van der Waals surface area contributed by atoms with Crippen molar-refractivity contribution in [2.24, 2.45) is 0 Å². The summed E-state index contributed by atoms with van der Waals surface area (Å²) in [4.78, 5) is 17.5. The molecule has 152 valence electrons. The third-order valence-corrected chi connectivity index (χ3v) is 6.02. The Morgan fingerprint density at radius 1 is 0.862 bits per heavy atom. The summed E-state index contributed by atoms with van der Waals surface area (Å²) < 4.78 is 0. The Bertz CT molecular complexity index is 838. The van der Waals surface area contributed by atoms with Gasteiger partial charge in [-0.15, -0.1) is 0 Å². The second kappa shape index (κ2) is 9.75. The molecule has 0 saturated carbocycles. The number of carbonyl (C=O) groups is 1. The number of aryl methyl sites for hydroxylation is 1. The molecule has 4 nitrogen and oxygen atoms in total. The Labute approximate surface area is 174 Å². The van der Waals surface area contributed by atoms with Crippen molar-refractivity contribution in [3.63, 3.8) is 0 Å². The molecule has 1 aliphatic carbocycles. The van der Waals surface area contributed by atoms with Gasteiger partial charge in [-0.3, -0.25) is 9.69 Å². The van der Waals surface area contributed by atoms with Gasteiger partial charge >= 0.3 is 0 Å². The highest BCUT2D eigenvalue weighted by Crippen LogP contribution is 2.23. The number of fused-ring (bicyclic) bond motifs is 1. The average molecular weight is 390 g/mol. The van der Waals surface area contributed by atoms with Crippen molar-refractivity contribution >= 4 is 17.7 Å². The molecular weight excluding hydrogens is 358 g/mol. The highest BCUT2D eigenvalue weighted by Gasteiger charge is 2.17. The van der Waals surface area contributed by atoms with E-state index < -0.39 is 0 Å². The summed E-state index contributed by atoms with van der Waals surface area (Å²) in [6.07, 6.45) is 6.03. The van der Waals surface area contributed by atoms with E-state index in [9.17, 15) is 4.79 Å². The molecule has 1 aliphatic heterocycles. The van der Waals surface area contributed by atoms with E-state index in [0.29, 0.717) is 0 Å². The van der Waals surface area contributed by atoms with Gasteiger partial charge in [-0.25, -0.2) is 0 Å². The molecule has 0 aromatic heterocycles. The third-order valence-electron chi connectivity index (χ3n) is 6.02. The first-order chi connectivity index (χ1) is 14.3. The largest absolute Gasteiger partial charge is 0.369 e. The lowest BCUT2D eigenvalue weighted by Crippen LogP contribution is -2.46. The fraction of sp³-hybridized carbons (Fsp3) is 0.400. The molecule has 0 spiro atoms. The van der Waals surface area contributed by atoms with Gasteiger partial charge in [-0.2, -0.15) is 0 Å². The maximum absolute atomic E-state index is 12.4. The minimum absolute atomic E-state index is 0.107. The van der Waals surface area contributed by atoms with E-state index in [4.69, 9.17) is 0 Å². The monoisotopic (exact) mass is 389 g/mol. The number of nitrogens with zero attached hydrogens (tertiary/aromatic N) is 2. The lowest BCUT2D eigenvalue weighted by Gasteiger charge is -2.36. The van der Waals surface area contributed by atoms with Gasteiger partial charge in [0.2, 0.25) is 5.91 Å². The van der Waals surface area contributed by atoms with Crippen molar-refractivity contribution in [2.45, 2.75) is 25.7 Å². The molecule has 1 amide bonds. The maximum Gasteiger partial charge on any atom is 0.247 e. The lowest BCUT2D eigenvalue weighted by molar-refractivity contribution is -0.117. The number of amides is 1. The van der Waals surface area contributed by atoms with Crippen LogP contribution in [0.15, 0.2) is 60.2 Å². The molecule has 0 atom stereocenters. The van der Waals surface area contributed by atoms with E-state index in [-0.39, 0.29) is 5.91 Å². The van der Waals surface area contributed by atoms with Crippen LogP contribution in [-0.2, 0) is 11.2 Å². The molecule has 4 heteroatoms. The fourth-order valence-electron chi connectivity index (χ4n) is 4.26. The average Bonchev–Trinajstić information content (AvgIpc) is 2.79. The fourth-order valence-corrected chi connectivity index (χ4v) is 4.26. The SMILES string of the molecule is O=C(NCCCCN1CCN(c2ccccc2)CC1)C1=Cc2ccccc2CC1. The van der Waals surface area contributed by atoms with Crippen LogP contribution in [0.2, 0.25) is 0 Å². The van der Waals surface area contributed by atoms with Gasteiger partial charge in [0.25, 0.3) is 0 Å². The van der Waals surface area contributed by atoms with Crippen LogP contribution in [0.5, 0.6) is 0 Å². The van der Waals surface area contributed by atoms with Crippen molar-refractivity contribution in [3.8, 4) is 0 Å². The first kappa shape index (κ1) is 19.7. The number of rotatable bonds is 7. The molecule has 1 heterocycles. The highest BCUT2D eigenvalue weighted by molar-refractivity contribution is 5.98. The predicted molar refractivity (Wildman–Crippen MR) is 120 cm³/mol. The summed E-state index contributed by atoms with van der Waals surface area (Å²) in [5, 5.41) is 3.12. The summed E-state index contributed by atoms with van der Waals surface area (Å²) >= 11 is 0. The molecule has 2 aliphatic rings. The third kappa shape index (κ3) is 5.27. The second-order valence-electron chi connectivity index (χ2n) is 8.00. The van der Waals surface area contributed by atoms with Gasteiger partial charge < -0.3 is 10.2 Å². The summed E-state index contributed by atoms with van der Waals surface area (Å²) in [7, 11) is 0. The Balaban J connectivity index is 1.12. The number of hydrogen-bond donors (Lipinski definition) is 1. The number of nitrogens with one attached hydrogen (secondary N) is 1. The number of carbonyl (C=O) groups excluding carboxylic acids is 1. The summed E-state index contributed by atoms with van der Waals surface area (Å²) in [5.74, 6) is 0.107. The second-order valence-corrected chi connectivity index (χ2v) is 8.00. The normalized spacial score (nSPS) is 16.8. The molecule has 1 N–H and O–H groups in total. The van der Waals surface area contributed by atoms with Crippen LogP contribution in [0, 0.1) is 0 Å². The van der Waals surface area contributed by atoms with E-state index in [1.807, 2.05) is 6.07 Å². The van der Waals surface area contributed by atoms with Crippen LogP contribution in [0.1, 0.15) is 30.4 Å². The molecule has 2 aromatic carbocycles. The van der Waals surface area contributed by atoms with Crippen molar-refractivity contribution in [1.29, 1.82) is 0 Å². The summed E-state index contributed by atoms with van der Waals surface area (Å²) in [6.45, 7) is 6.31. The van der Waals surface area contributed by atoms with Gasteiger partial charge in [-0.05, 0) is 61.6 Å². The van der Waals surface area contributed by atoms with Crippen LogP contribution >= 0.6 is 0 Å². The van der Waals surface area contributed by atoms with Gasteiger partial charge in [-0.1, -0.05) is 42.5 Å². The minimum Gasteiger partial charge on any atom is -0.369 e. The number of unbranched alkanes of at least 4 members (excludes halogenated alkanes) is 1. The first-order valence-electron chi connectivity index (χ1n) is 10.9. The molecule has 0 unspecified atom stereocenters. The molecule has 29 heavy (non-hydrogen) atoms. The molecule has 2 aromatic rings. The molecule has 4 rings (SSSR count). The van der Waals surface area contributed by atoms with E-state index in [2.05, 4.69) is 69.7 Å². The van der Waals surface area contributed by atoms with Crippen molar-refractivity contribution < 1.29 is 4.79 Å². The standard InChI is InChI=1S/C25H31N3O/c29-25(23-13-12-21-8-4-5-9-22(21)20-23)26-14-6-7-15-27-16-18-28(19-17-27)24-10-2-1-3-11-24/h1-5,8-11,20H,6-7,12-19H2,(H,26,29). The number of anilines is 1.